The normalized spacial score (nSPS) is 10.2. The summed E-state index contributed by atoms with van der Waals surface area (Å²) in [4.78, 5) is 9.30. The van der Waals surface area contributed by atoms with Crippen molar-refractivity contribution < 1.29 is 0 Å². The first kappa shape index (κ1) is 17.1. The zero-order chi connectivity index (χ0) is 15.5. The summed E-state index contributed by atoms with van der Waals surface area (Å²) in [5.41, 5.74) is 12.1. The van der Waals surface area contributed by atoms with Crippen molar-refractivity contribution in [2.75, 3.05) is 0 Å². The van der Waals surface area contributed by atoms with Gasteiger partial charge in [-0.2, -0.15) is 0 Å². The molecule has 0 radical (unpaired) electrons. The third kappa shape index (κ3) is 3.95. The lowest BCUT2D eigenvalue weighted by molar-refractivity contribution is 0.971. The van der Waals surface area contributed by atoms with Crippen LogP contribution in [0.1, 0.15) is 16.8 Å². The van der Waals surface area contributed by atoms with Crippen molar-refractivity contribution in [1.82, 2.24) is 9.97 Å². The Morgan fingerprint density at radius 2 is 1.57 bits per heavy atom. The fraction of sp³-hybridized carbons (Fsp3) is 0.158. The van der Waals surface area contributed by atoms with Gasteiger partial charge in [0.25, 0.3) is 0 Å². The van der Waals surface area contributed by atoms with Crippen LogP contribution in [-0.4, -0.2) is 9.97 Å². The predicted molar refractivity (Wildman–Crippen MR) is 97.5 cm³/mol. The lowest BCUT2D eigenvalue weighted by Gasteiger charge is -2.08. The highest BCUT2D eigenvalue weighted by Crippen LogP contribution is 2.23. The van der Waals surface area contributed by atoms with E-state index in [9.17, 15) is 0 Å². The Kier molecular flexibility index (Phi) is 5.48. The molecule has 0 saturated heterocycles. The molecule has 0 amide bonds. The van der Waals surface area contributed by atoms with Crippen LogP contribution in [0, 0.1) is 13.8 Å². The molecule has 23 heavy (non-hydrogen) atoms. The highest BCUT2D eigenvalue weighted by molar-refractivity contribution is 5.85. The minimum Gasteiger partial charge on any atom is -0.325 e. The standard InChI is InChI=1S/C19H19N3.ClH/c1-13-6-8-15(9-7-13)18-11-17(12-20)21-19(22-18)16-5-3-4-14(2)10-16;/h3-11H,12,20H2,1-2H3;1H. The van der Waals surface area contributed by atoms with E-state index in [0.717, 1.165) is 28.3 Å². The topological polar surface area (TPSA) is 51.8 Å². The summed E-state index contributed by atoms with van der Waals surface area (Å²) in [6, 6.07) is 18.5. The van der Waals surface area contributed by atoms with Gasteiger partial charge in [0, 0.05) is 17.7 Å². The minimum atomic E-state index is 0. The number of benzene rings is 2. The van der Waals surface area contributed by atoms with Crippen molar-refractivity contribution in [2.45, 2.75) is 20.4 Å². The molecule has 118 valence electrons. The zero-order valence-electron chi connectivity index (χ0n) is 13.3. The van der Waals surface area contributed by atoms with Crippen molar-refractivity contribution in [2.24, 2.45) is 5.73 Å². The molecule has 3 nitrogen and oxygen atoms in total. The summed E-state index contributed by atoms with van der Waals surface area (Å²) >= 11 is 0. The Morgan fingerprint density at radius 3 is 2.22 bits per heavy atom. The maximum atomic E-state index is 5.81. The molecule has 2 N–H and O–H groups in total. The summed E-state index contributed by atoms with van der Waals surface area (Å²) in [6.07, 6.45) is 0. The smallest absolute Gasteiger partial charge is 0.160 e. The van der Waals surface area contributed by atoms with Gasteiger partial charge < -0.3 is 5.73 Å². The van der Waals surface area contributed by atoms with E-state index < -0.39 is 0 Å². The van der Waals surface area contributed by atoms with E-state index in [2.05, 4.69) is 55.2 Å². The van der Waals surface area contributed by atoms with Gasteiger partial charge in [-0.1, -0.05) is 53.6 Å². The predicted octanol–water partition coefficient (Wildman–Crippen LogP) is 4.31. The molecule has 0 aliphatic carbocycles. The highest BCUT2D eigenvalue weighted by atomic mass is 35.5. The quantitative estimate of drug-likeness (QED) is 0.780. The van der Waals surface area contributed by atoms with E-state index in [1.807, 2.05) is 18.2 Å². The Labute approximate surface area is 143 Å². The lowest BCUT2D eigenvalue weighted by atomic mass is 10.1. The van der Waals surface area contributed by atoms with Gasteiger partial charge >= 0.3 is 0 Å². The van der Waals surface area contributed by atoms with Gasteiger partial charge in [0.05, 0.1) is 11.4 Å². The van der Waals surface area contributed by atoms with Crippen LogP contribution in [0.15, 0.2) is 54.6 Å². The first-order chi connectivity index (χ1) is 10.7. The summed E-state index contributed by atoms with van der Waals surface area (Å²) in [7, 11) is 0. The molecule has 2 aromatic carbocycles. The molecule has 3 aromatic rings. The van der Waals surface area contributed by atoms with Crippen molar-refractivity contribution in [3.05, 3.63) is 71.4 Å². The number of nitrogens with two attached hydrogens (primary N) is 1. The van der Waals surface area contributed by atoms with Gasteiger partial charge in [0.2, 0.25) is 0 Å². The van der Waals surface area contributed by atoms with Gasteiger partial charge in [-0.3, -0.25) is 0 Å². The first-order valence-corrected chi connectivity index (χ1v) is 7.38. The van der Waals surface area contributed by atoms with Crippen LogP contribution >= 0.6 is 12.4 Å². The molecule has 1 heterocycles. The van der Waals surface area contributed by atoms with Crippen LogP contribution in [0.3, 0.4) is 0 Å². The summed E-state index contributed by atoms with van der Waals surface area (Å²) in [5.74, 6) is 0.724. The van der Waals surface area contributed by atoms with Crippen LogP contribution < -0.4 is 5.73 Å². The summed E-state index contributed by atoms with van der Waals surface area (Å²) in [6.45, 7) is 4.55. The molecule has 1 aromatic heterocycles. The van der Waals surface area contributed by atoms with Gasteiger partial charge in [0.15, 0.2) is 5.82 Å². The maximum absolute atomic E-state index is 5.81. The fourth-order valence-corrected chi connectivity index (χ4v) is 2.39. The average Bonchev–Trinajstić information content (AvgIpc) is 2.55. The van der Waals surface area contributed by atoms with Crippen LogP contribution in [0.5, 0.6) is 0 Å². The molecule has 0 aliphatic rings. The van der Waals surface area contributed by atoms with Crippen LogP contribution in [0.4, 0.5) is 0 Å². The molecular weight excluding hydrogens is 306 g/mol. The molecule has 3 rings (SSSR count). The van der Waals surface area contributed by atoms with Crippen molar-refractivity contribution in [3.63, 3.8) is 0 Å². The summed E-state index contributed by atoms with van der Waals surface area (Å²) in [5, 5.41) is 0. The molecule has 0 saturated carbocycles. The van der Waals surface area contributed by atoms with Crippen molar-refractivity contribution in [3.8, 4) is 22.6 Å². The minimum absolute atomic E-state index is 0. The first-order valence-electron chi connectivity index (χ1n) is 7.38. The van der Waals surface area contributed by atoms with E-state index in [-0.39, 0.29) is 12.4 Å². The number of hydrogen-bond donors (Lipinski definition) is 1. The Morgan fingerprint density at radius 1 is 0.826 bits per heavy atom. The van der Waals surface area contributed by atoms with Crippen molar-refractivity contribution >= 4 is 12.4 Å². The molecule has 0 atom stereocenters. The molecule has 0 bridgehead atoms. The van der Waals surface area contributed by atoms with Gasteiger partial charge in [-0.15, -0.1) is 12.4 Å². The number of nitrogens with zero attached hydrogens (tertiary/aromatic N) is 2. The molecule has 4 heteroatoms. The molecular formula is C19H20ClN3. The van der Waals surface area contributed by atoms with E-state index >= 15 is 0 Å². The Balaban J connectivity index is 0.00000192. The second-order valence-electron chi connectivity index (χ2n) is 5.51. The van der Waals surface area contributed by atoms with Gasteiger partial charge in [-0.25, -0.2) is 9.97 Å². The molecule has 0 fully saturated rings. The van der Waals surface area contributed by atoms with Crippen LogP contribution in [0.2, 0.25) is 0 Å². The second kappa shape index (κ2) is 7.36. The van der Waals surface area contributed by atoms with Crippen molar-refractivity contribution in [1.29, 1.82) is 0 Å². The molecule has 0 aliphatic heterocycles. The monoisotopic (exact) mass is 325 g/mol. The van der Waals surface area contributed by atoms with Crippen LogP contribution in [-0.2, 0) is 6.54 Å². The SMILES string of the molecule is Cc1ccc(-c2cc(CN)nc(-c3cccc(C)c3)n2)cc1.Cl. The fourth-order valence-electron chi connectivity index (χ4n) is 2.39. The van der Waals surface area contributed by atoms with Gasteiger partial charge in [0.1, 0.15) is 0 Å². The lowest BCUT2D eigenvalue weighted by Crippen LogP contribution is -2.03. The highest BCUT2D eigenvalue weighted by Gasteiger charge is 2.08. The third-order valence-corrected chi connectivity index (χ3v) is 3.61. The van der Waals surface area contributed by atoms with E-state index in [1.54, 1.807) is 0 Å². The van der Waals surface area contributed by atoms with E-state index in [0.29, 0.717) is 6.54 Å². The average molecular weight is 326 g/mol. The number of aromatic nitrogens is 2. The second-order valence-corrected chi connectivity index (χ2v) is 5.51. The van der Waals surface area contributed by atoms with Crippen LogP contribution in [0.25, 0.3) is 22.6 Å². The molecule has 0 spiro atoms. The number of rotatable bonds is 3. The third-order valence-electron chi connectivity index (χ3n) is 3.61. The molecule has 0 unspecified atom stereocenters. The van der Waals surface area contributed by atoms with E-state index in [4.69, 9.17) is 10.7 Å². The number of halogens is 1. The zero-order valence-corrected chi connectivity index (χ0v) is 14.1. The summed E-state index contributed by atoms with van der Waals surface area (Å²) < 4.78 is 0. The number of hydrogen-bond acceptors (Lipinski definition) is 3. The Hall–Kier alpha value is -2.23. The van der Waals surface area contributed by atoms with Gasteiger partial charge in [-0.05, 0) is 26.0 Å². The number of aryl methyl sites for hydroxylation is 2. The maximum Gasteiger partial charge on any atom is 0.160 e. The van der Waals surface area contributed by atoms with E-state index in [1.165, 1.54) is 11.1 Å². The Bertz CT molecular complexity index is 798. The largest absolute Gasteiger partial charge is 0.325 e.